The summed E-state index contributed by atoms with van der Waals surface area (Å²) in [5.74, 6) is 1.02. The number of aliphatic imine (C=N–C) groups is 1. The molecule has 0 fully saturated rings. The fraction of sp³-hybridized carbons (Fsp3) is 0.316. The standard InChI is InChI=1S/C19H21NO/c1-14(15-7-4-3-5-8-15)20-17-11-12-18-16(13-17)9-6-10-19(18)21-2/h3-10,14H,11-13H2,1-2H3. The molecule has 0 radical (unpaired) electrons. The topological polar surface area (TPSA) is 21.6 Å². The third-order valence-corrected chi connectivity index (χ3v) is 4.17. The van der Waals surface area contributed by atoms with Gasteiger partial charge < -0.3 is 4.74 Å². The van der Waals surface area contributed by atoms with E-state index in [2.05, 4.69) is 43.3 Å². The molecular weight excluding hydrogens is 258 g/mol. The fourth-order valence-electron chi connectivity index (χ4n) is 3.02. The van der Waals surface area contributed by atoms with Crippen LogP contribution in [0, 0.1) is 0 Å². The summed E-state index contributed by atoms with van der Waals surface area (Å²) < 4.78 is 5.46. The van der Waals surface area contributed by atoms with Gasteiger partial charge in [0.25, 0.3) is 0 Å². The first-order chi connectivity index (χ1) is 10.3. The van der Waals surface area contributed by atoms with Gasteiger partial charge in [0, 0.05) is 12.1 Å². The van der Waals surface area contributed by atoms with Gasteiger partial charge in [-0.05, 0) is 42.5 Å². The van der Waals surface area contributed by atoms with E-state index in [1.807, 2.05) is 12.1 Å². The molecule has 3 rings (SSSR count). The molecule has 2 nitrogen and oxygen atoms in total. The summed E-state index contributed by atoms with van der Waals surface area (Å²) in [5, 5.41) is 0. The number of benzene rings is 2. The van der Waals surface area contributed by atoms with Crippen LogP contribution in [0.3, 0.4) is 0 Å². The number of hydrogen-bond donors (Lipinski definition) is 0. The number of hydrogen-bond acceptors (Lipinski definition) is 2. The van der Waals surface area contributed by atoms with Crippen molar-refractivity contribution in [2.24, 2.45) is 4.99 Å². The highest BCUT2D eigenvalue weighted by atomic mass is 16.5. The number of ether oxygens (including phenoxy) is 1. The lowest BCUT2D eigenvalue weighted by atomic mass is 9.89. The predicted octanol–water partition coefficient (Wildman–Crippen LogP) is 4.39. The highest BCUT2D eigenvalue weighted by molar-refractivity contribution is 5.89. The van der Waals surface area contributed by atoms with E-state index in [0.29, 0.717) is 0 Å². The van der Waals surface area contributed by atoms with Gasteiger partial charge >= 0.3 is 0 Å². The van der Waals surface area contributed by atoms with E-state index < -0.39 is 0 Å². The second-order valence-electron chi connectivity index (χ2n) is 5.56. The van der Waals surface area contributed by atoms with Crippen LogP contribution in [0.2, 0.25) is 0 Å². The first kappa shape index (κ1) is 13.9. The van der Waals surface area contributed by atoms with Gasteiger partial charge in [0.05, 0.1) is 13.2 Å². The van der Waals surface area contributed by atoms with E-state index in [4.69, 9.17) is 9.73 Å². The van der Waals surface area contributed by atoms with Crippen molar-refractivity contribution in [3.8, 4) is 5.75 Å². The van der Waals surface area contributed by atoms with E-state index in [1.165, 1.54) is 22.4 Å². The van der Waals surface area contributed by atoms with Gasteiger partial charge in [0.15, 0.2) is 0 Å². The highest BCUT2D eigenvalue weighted by Crippen LogP contribution is 2.29. The largest absolute Gasteiger partial charge is 0.496 e. The van der Waals surface area contributed by atoms with Crippen molar-refractivity contribution in [2.75, 3.05) is 7.11 Å². The van der Waals surface area contributed by atoms with Gasteiger partial charge in [-0.15, -0.1) is 0 Å². The monoisotopic (exact) mass is 279 g/mol. The normalized spacial score (nSPS) is 17.3. The average molecular weight is 279 g/mol. The lowest BCUT2D eigenvalue weighted by molar-refractivity contribution is 0.408. The molecule has 0 N–H and O–H groups in total. The molecule has 0 saturated carbocycles. The maximum Gasteiger partial charge on any atom is 0.122 e. The summed E-state index contributed by atoms with van der Waals surface area (Å²) in [6, 6.07) is 17.0. The van der Waals surface area contributed by atoms with Crippen molar-refractivity contribution in [1.82, 2.24) is 0 Å². The van der Waals surface area contributed by atoms with Gasteiger partial charge in [-0.25, -0.2) is 0 Å². The number of nitrogens with zero attached hydrogens (tertiary/aromatic N) is 1. The fourth-order valence-corrected chi connectivity index (χ4v) is 3.02. The molecular formula is C19H21NO. The number of fused-ring (bicyclic) bond motifs is 1. The molecule has 0 saturated heterocycles. The van der Waals surface area contributed by atoms with E-state index in [9.17, 15) is 0 Å². The minimum absolute atomic E-state index is 0.230. The summed E-state index contributed by atoms with van der Waals surface area (Å²) >= 11 is 0. The van der Waals surface area contributed by atoms with E-state index in [1.54, 1.807) is 7.11 Å². The minimum Gasteiger partial charge on any atom is -0.496 e. The molecule has 1 aliphatic carbocycles. The van der Waals surface area contributed by atoms with Crippen molar-refractivity contribution >= 4 is 5.71 Å². The van der Waals surface area contributed by atoms with Crippen LogP contribution in [0.1, 0.15) is 36.1 Å². The maximum absolute atomic E-state index is 5.46. The van der Waals surface area contributed by atoms with Gasteiger partial charge in [-0.1, -0.05) is 42.5 Å². The van der Waals surface area contributed by atoms with Crippen molar-refractivity contribution in [3.63, 3.8) is 0 Å². The second kappa shape index (κ2) is 6.13. The van der Waals surface area contributed by atoms with Crippen LogP contribution in [0.15, 0.2) is 53.5 Å². The van der Waals surface area contributed by atoms with Crippen LogP contribution >= 0.6 is 0 Å². The second-order valence-corrected chi connectivity index (χ2v) is 5.56. The Balaban J connectivity index is 1.81. The Morgan fingerprint density at radius 3 is 2.57 bits per heavy atom. The Morgan fingerprint density at radius 1 is 1.00 bits per heavy atom. The number of methoxy groups -OCH3 is 1. The summed E-state index contributed by atoms with van der Waals surface area (Å²) in [7, 11) is 1.75. The van der Waals surface area contributed by atoms with Crippen LogP contribution in [0.4, 0.5) is 0 Å². The third kappa shape index (κ3) is 2.99. The molecule has 0 aromatic heterocycles. The predicted molar refractivity (Wildman–Crippen MR) is 87.3 cm³/mol. The minimum atomic E-state index is 0.230. The average Bonchev–Trinajstić information content (AvgIpc) is 2.54. The summed E-state index contributed by atoms with van der Waals surface area (Å²) in [6.45, 7) is 2.17. The molecule has 2 aromatic rings. The van der Waals surface area contributed by atoms with Crippen LogP contribution < -0.4 is 4.74 Å². The quantitative estimate of drug-likeness (QED) is 0.816. The Bertz CT molecular complexity index is 646. The number of rotatable bonds is 3. The Labute approximate surface area is 126 Å². The molecule has 0 amide bonds. The van der Waals surface area contributed by atoms with E-state index in [0.717, 1.165) is 25.0 Å². The first-order valence-corrected chi connectivity index (χ1v) is 7.53. The van der Waals surface area contributed by atoms with Crippen LogP contribution in [-0.2, 0) is 12.8 Å². The van der Waals surface area contributed by atoms with Gasteiger partial charge in [0.2, 0.25) is 0 Å². The molecule has 0 heterocycles. The highest BCUT2D eigenvalue weighted by Gasteiger charge is 2.18. The maximum atomic E-state index is 5.46. The smallest absolute Gasteiger partial charge is 0.122 e. The molecule has 2 aromatic carbocycles. The molecule has 0 spiro atoms. The van der Waals surface area contributed by atoms with Gasteiger partial charge in [0.1, 0.15) is 5.75 Å². The zero-order valence-corrected chi connectivity index (χ0v) is 12.7. The lowest BCUT2D eigenvalue weighted by Crippen LogP contribution is -2.15. The molecule has 0 aliphatic heterocycles. The zero-order valence-electron chi connectivity index (χ0n) is 12.7. The first-order valence-electron chi connectivity index (χ1n) is 7.53. The molecule has 1 atom stereocenters. The summed E-state index contributed by atoms with van der Waals surface area (Å²) in [4.78, 5) is 4.94. The molecule has 0 bridgehead atoms. The SMILES string of the molecule is COc1cccc2c1CCC(=NC(C)c1ccccc1)C2. The van der Waals surface area contributed by atoms with Gasteiger partial charge in [-0.2, -0.15) is 0 Å². The lowest BCUT2D eigenvalue weighted by Gasteiger charge is -2.21. The van der Waals surface area contributed by atoms with Crippen molar-refractivity contribution in [3.05, 3.63) is 65.2 Å². The van der Waals surface area contributed by atoms with Crippen molar-refractivity contribution in [2.45, 2.75) is 32.2 Å². The van der Waals surface area contributed by atoms with E-state index in [-0.39, 0.29) is 6.04 Å². The molecule has 1 unspecified atom stereocenters. The molecule has 21 heavy (non-hydrogen) atoms. The van der Waals surface area contributed by atoms with Crippen LogP contribution in [0.25, 0.3) is 0 Å². The summed E-state index contributed by atoms with van der Waals surface area (Å²) in [5.41, 5.74) is 5.29. The molecule has 108 valence electrons. The van der Waals surface area contributed by atoms with Crippen molar-refractivity contribution in [1.29, 1.82) is 0 Å². The Hall–Kier alpha value is -2.09. The Kier molecular flexibility index (Phi) is 4.05. The van der Waals surface area contributed by atoms with Crippen LogP contribution in [-0.4, -0.2) is 12.8 Å². The third-order valence-electron chi connectivity index (χ3n) is 4.17. The van der Waals surface area contributed by atoms with Crippen molar-refractivity contribution < 1.29 is 4.74 Å². The Morgan fingerprint density at radius 2 is 1.81 bits per heavy atom. The van der Waals surface area contributed by atoms with E-state index >= 15 is 0 Å². The van der Waals surface area contributed by atoms with Crippen LogP contribution in [0.5, 0.6) is 5.75 Å². The molecule has 1 aliphatic rings. The van der Waals surface area contributed by atoms with Gasteiger partial charge in [-0.3, -0.25) is 4.99 Å². The molecule has 2 heteroatoms. The zero-order chi connectivity index (χ0) is 14.7. The summed E-state index contributed by atoms with van der Waals surface area (Å²) in [6.07, 6.45) is 3.01.